The first kappa shape index (κ1) is 15.8. The maximum Gasteiger partial charge on any atom is 0.314 e. The van der Waals surface area contributed by atoms with Crippen LogP contribution in [0.3, 0.4) is 0 Å². The average molecular weight is 270 g/mol. The largest absolute Gasteiger partial charge is 0.481 e. The van der Waals surface area contributed by atoms with Gasteiger partial charge in [-0.15, -0.1) is 0 Å². The van der Waals surface area contributed by atoms with Gasteiger partial charge in [-0.2, -0.15) is 0 Å². The molecule has 0 radical (unpaired) electrons. The maximum atomic E-state index is 11.5. The van der Waals surface area contributed by atoms with E-state index in [2.05, 4.69) is 10.6 Å². The van der Waals surface area contributed by atoms with Crippen molar-refractivity contribution >= 4 is 12.0 Å². The molecule has 2 amide bonds. The molecule has 1 rings (SSSR count). The van der Waals surface area contributed by atoms with Crippen molar-refractivity contribution in [2.75, 3.05) is 13.1 Å². The molecule has 0 atom stereocenters. The molecule has 0 aliphatic heterocycles. The van der Waals surface area contributed by atoms with Crippen LogP contribution < -0.4 is 10.6 Å². The van der Waals surface area contributed by atoms with Crippen LogP contribution in [0.4, 0.5) is 4.79 Å². The standard InChI is InChI=1S/C14H26N2O3/c1-14(2,12(17)18)10-16-13(19)15-9-5-8-11-6-3-4-7-11/h11H,3-10H2,1-2H3,(H,17,18)(H2,15,16,19). The summed E-state index contributed by atoms with van der Waals surface area (Å²) in [5.74, 6) is -0.0650. The van der Waals surface area contributed by atoms with Gasteiger partial charge in [0.25, 0.3) is 0 Å². The van der Waals surface area contributed by atoms with Crippen LogP contribution in [0, 0.1) is 11.3 Å². The molecule has 0 aromatic rings. The number of hydrogen-bond acceptors (Lipinski definition) is 2. The minimum Gasteiger partial charge on any atom is -0.481 e. The molecule has 0 aromatic heterocycles. The Bertz CT molecular complexity index is 310. The number of carbonyl (C=O) groups excluding carboxylic acids is 1. The number of urea groups is 1. The van der Waals surface area contributed by atoms with Crippen molar-refractivity contribution in [2.24, 2.45) is 11.3 Å². The molecule has 5 nitrogen and oxygen atoms in total. The summed E-state index contributed by atoms with van der Waals surface area (Å²) in [6.45, 7) is 3.98. The van der Waals surface area contributed by atoms with Gasteiger partial charge in [0.2, 0.25) is 0 Å². The van der Waals surface area contributed by atoms with Crippen LogP contribution in [-0.4, -0.2) is 30.2 Å². The van der Waals surface area contributed by atoms with Crippen LogP contribution in [-0.2, 0) is 4.79 Å². The van der Waals surface area contributed by atoms with Crippen molar-refractivity contribution in [3.8, 4) is 0 Å². The average Bonchev–Trinajstić information content (AvgIpc) is 2.85. The summed E-state index contributed by atoms with van der Waals surface area (Å²) >= 11 is 0. The van der Waals surface area contributed by atoms with Gasteiger partial charge in [0.15, 0.2) is 0 Å². The molecule has 5 heteroatoms. The van der Waals surface area contributed by atoms with Crippen molar-refractivity contribution in [1.82, 2.24) is 10.6 Å². The number of hydrogen-bond donors (Lipinski definition) is 3. The monoisotopic (exact) mass is 270 g/mol. The van der Waals surface area contributed by atoms with E-state index in [0.29, 0.717) is 6.54 Å². The van der Waals surface area contributed by atoms with Crippen LogP contribution in [0.5, 0.6) is 0 Å². The minimum atomic E-state index is -0.929. The third kappa shape index (κ3) is 5.94. The lowest BCUT2D eigenvalue weighted by Crippen LogP contribution is -2.43. The van der Waals surface area contributed by atoms with Crippen LogP contribution in [0.1, 0.15) is 52.4 Å². The molecule has 3 N–H and O–H groups in total. The maximum absolute atomic E-state index is 11.5. The quantitative estimate of drug-likeness (QED) is 0.621. The van der Waals surface area contributed by atoms with Gasteiger partial charge in [-0.05, 0) is 32.6 Å². The third-order valence-corrected chi connectivity index (χ3v) is 3.82. The summed E-state index contributed by atoms with van der Waals surface area (Å²) in [5.41, 5.74) is -0.929. The number of aliphatic carboxylic acids is 1. The van der Waals surface area contributed by atoms with Gasteiger partial charge in [-0.3, -0.25) is 4.79 Å². The molecule has 1 aliphatic rings. The van der Waals surface area contributed by atoms with Crippen molar-refractivity contribution in [1.29, 1.82) is 0 Å². The Morgan fingerprint density at radius 3 is 2.42 bits per heavy atom. The molecule has 1 aliphatic carbocycles. The molecule has 19 heavy (non-hydrogen) atoms. The molecular formula is C14H26N2O3. The summed E-state index contributed by atoms with van der Waals surface area (Å²) in [4.78, 5) is 22.4. The third-order valence-electron chi connectivity index (χ3n) is 3.82. The molecular weight excluding hydrogens is 244 g/mol. The number of rotatable bonds is 7. The van der Waals surface area contributed by atoms with Crippen molar-refractivity contribution < 1.29 is 14.7 Å². The van der Waals surface area contributed by atoms with E-state index < -0.39 is 11.4 Å². The van der Waals surface area contributed by atoms with E-state index in [0.717, 1.165) is 12.3 Å². The highest BCUT2D eigenvalue weighted by atomic mass is 16.4. The number of carboxylic acid groups (broad SMARTS) is 1. The summed E-state index contributed by atoms with van der Waals surface area (Å²) in [5, 5.41) is 14.3. The van der Waals surface area contributed by atoms with Crippen LogP contribution >= 0.6 is 0 Å². The number of nitrogens with one attached hydrogen (secondary N) is 2. The molecule has 110 valence electrons. The highest BCUT2D eigenvalue weighted by Gasteiger charge is 2.27. The van der Waals surface area contributed by atoms with E-state index in [1.165, 1.54) is 32.1 Å². The molecule has 0 aromatic carbocycles. The summed E-state index contributed by atoms with van der Waals surface area (Å²) in [7, 11) is 0. The van der Waals surface area contributed by atoms with E-state index in [-0.39, 0.29) is 12.6 Å². The Balaban J connectivity index is 2.06. The predicted octanol–water partition coefficient (Wildman–Crippen LogP) is 2.37. The molecule has 0 heterocycles. The van der Waals surface area contributed by atoms with Crippen molar-refractivity contribution in [3.63, 3.8) is 0 Å². The van der Waals surface area contributed by atoms with Crippen LogP contribution in [0.2, 0.25) is 0 Å². The first-order valence-corrected chi connectivity index (χ1v) is 7.17. The Hall–Kier alpha value is -1.26. The fraction of sp³-hybridized carbons (Fsp3) is 0.857. The lowest BCUT2D eigenvalue weighted by molar-refractivity contribution is -0.146. The second-order valence-corrected chi connectivity index (χ2v) is 6.09. The van der Waals surface area contributed by atoms with Crippen molar-refractivity contribution in [2.45, 2.75) is 52.4 Å². The van der Waals surface area contributed by atoms with Gasteiger partial charge in [-0.1, -0.05) is 25.7 Å². The highest BCUT2D eigenvalue weighted by molar-refractivity contribution is 5.77. The van der Waals surface area contributed by atoms with E-state index >= 15 is 0 Å². The van der Waals surface area contributed by atoms with Crippen LogP contribution in [0.15, 0.2) is 0 Å². The summed E-state index contributed by atoms with van der Waals surface area (Å²) < 4.78 is 0. The fourth-order valence-electron chi connectivity index (χ4n) is 2.33. The fourth-order valence-corrected chi connectivity index (χ4v) is 2.33. The van der Waals surface area contributed by atoms with Crippen molar-refractivity contribution in [3.05, 3.63) is 0 Å². The Morgan fingerprint density at radius 2 is 1.84 bits per heavy atom. The summed E-state index contributed by atoms with van der Waals surface area (Å²) in [6, 6.07) is -0.277. The lowest BCUT2D eigenvalue weighted by Gasteiger charge is -2.19. The summed E-state index contributed by atoms with van der Waals surface area (Å²) in [6.07, 6.45) is 7.55. The topological polar surface area (TPSA) is 78.4 Å². The number of carboxylic acids is 1. The predicted molar refractivity (Wildman–Crippen MR) is 74.0 cm³/mol. The van der Waals surface area contributed by atoms with Gasteiger partial charge < -0.3 is 15.7 Å². The normalized spacial score (nSPS) is 16.3. The zero-order valence-electron chi connectivity index (χ0n) is 12.0. The Labute approximate surface area is 115 Å². The minimum absolute atomic E-state index is 0.136. The molecule has 1 fully saturated rings. The first-order valence-electron chi connectivity index (χ1n) is 7.17. The van der Waals surface area contributed by atoms with Gasteiger partial charge in [0.05, 0.1) is 5.41 Å². The first-order chi connectivity index (χ1) is 8.92. The van der Waals surface area contributed by atoms with E-state index in [9.17, 15) is 9.59 Å². The number of amides is 2. The Kier molecular flexibility index (Phi) is 6.12. The molecule has 0 spiro atoms. The number of carbonyl (C=O) groups is 2. The molecule has 0 saturated heterocycles. The zero-order valence-corrected chi connectivity index (χ0v) is 12.0. The lowest BCUT2D eigenvalue weighted by atomic mass is 9.94. The van der Waals surface area contributed by atoms with E-state index in [4.69, 9.17) is 5.11 Å². The van der Waals surface area contributed by atoms with Gasteiger partial charge in [-0.25, -0.2) is 4.79 Å². The highest BCUT2D eigenvalue weighted by Crippen LogP contribution is 2.28. The Morgan fingerprint density at radius 1 is 1.21 bits per heavy atom. The van der Waals surface area contributed by atoms with E-state index in [1.54, 1.807) is 13.8 Å². The van der Waals surface area contributed by atoms with Gasteiger partial charge in [0.1, 0.15) is 0 Å². The second-order valence-electron chi connectivity index (χ2n) is 6.09. The molecule has 0 bridgehead atoms. The smallest absolute Gasteiger partial charge is 0.314 e. The molecule has 0 unspecified atom stereocenters. The van der Waals surface area contributed by atoms with Gasteiger partial charge in [0, 0.05) is 13.1 Å². The molecule has 1 saturated carbocycles. The van der Waals surface area contributed by atoms with E-state index in [1.807, 2.05) is 0 Å². The zero-order chi connectivity index (χ0) is 14.3. The van der Waals surface area contributed by atoms with Crippen LogP contribution in [0.25, 0.3) is 0 Å². The SMILES string of the molecule is CC(C)(CNC(=O)NCCCC1CCCC1)C(=O)O. The van der Waals surface area contributed by atoms with Gasteiger partial charge >= 0.3 is 12.0 Å². The second kappa shape index (κ2) is 7.36.